The third-order valence-electron chi connectivity index (χ3n) is 3.60. The molecule has 0 spiro atoms. The minimum Gasteiger partial charge on any atom is -0.493 e. The van der Waals surface area contributed by atoms with Crippen LogP contribution in [-0.4, -0.2) is 50.4 Å². The van der Waals surface area contributed by atoms with Crippen molar-refractivity contribution >= 4 is 17.5 Å². The molecule has 0 bridgehead atoms. The molecule has 0 unspecified atom stereocenters. The molecule has 0 heterocycles. The SMILES string of the molecule is COc1ccccc1OCC(=O)N(C)CC(=O)Nc1ccc(OC(F)(F)F)cc1. The highest BCUT2D eigenvalue weighted by Crippen LogP contribution is 2.26. The minimum absolute atomic E-state index is 0.260. The van der Waals surface area contributed by atoms with E-state index in [0.717, 1.165) is 17.0 Å². The quantitative estimate of drug-likeness (QED) is 0.721. The number of amides is 2. The molecule has 7 nitrogen and oxygen atoms in total. The molecule has 0 radical (unpaired) electrons. The Balaban J connectivity index is 1.82. The van der Waals surface area contributed by atoms with Gasteiger partial charge < -0.3 is 24.4 Å². The molecule has 0 aliphatic carbocycles. The van der Waals surface area contributed by atoms with Crippen molar-refractivity contribution in [1.82, 2.24) is 4.90 Å². The Labute approximate surface area is 165 Å². The van der Waals surface area contributed by atoms with Crippen molar-refractivity contribution in [1.29, 1.82) is 0 Å². The van der Waals surface area contributed by atoms with Crippen molar-refractivity contribution in [3.05, 3.63) is 48.5 Å². The molecule has 2 aromatic rings. The number of carbonyl (C=O) groups is 2. The monoisotopic (exact) mass is 412 g/mol. The minimum atomic E-state index is -4.79. The van der Waals surface area contributed by atoms with Gasteiger partial charge in [0.15, 0.2) is 18.1 Å². The van der Waals surface area contributed by atoms with Crippen LogP contribution in [0.25, 0.3) is 0 Å². The summed E-state index contributed by atoms with van der Waals surface area (Å²) in [4.78, 5) is 25.3. The fourth-order valence-electron chi connectivity index (χ4n) is 2.23. The third-order valence-corrected chi connectivity index (χ3v) is 3.60. The molecular weight excluding hydrogens is 393 g/mol. The Kier molecular flexibility index (Phi) is 7.29. The number of para-hydroxylation sites is 2. The van der Waals surface area contributed by atoms with E-state index in [-0.39, 0.29) is 18.8 Å². The number of anilines is 1. The number of alkyl halides is 3. The van der Waals surface area contributed by atoms with E-state index in [2.05, 4.69) is 10.1 Å². The van der Waals surface area contributed by atoms with Gasteiger partial charge in [0.2, 0.25) is 5.91 Å². The van der Waals surface area contributed by atoms with Crippen LogP contribution in [0.4, 0.5) is 18.9 Å². The summed E-state index contributed by atoms with van der Waals surface area (Å²) >= 11 is 0. The summed E-state index contributed by atoms with van der Waals surface area (Å²) in [6.07, 6.45) is -4.79. The predicted molar refractivity (Wildman–Crippen MR) is 97.9 cm³/mol. The smallest absolute Gasteiger partial charge is 0.493 e. The number of hydrogen-bond acceptors (Lipinski definition) is 5. The molecular formula is C19H19F3N2O5. The number of hydrogen-bond donors (Lipinski definition) is 1. The lowest BCUT2D eigenvalue weighted by Gasteiger charge is -2.18. The Morgan fingerprint density at radius 1 is 1.03 bits per heavy atom. The average Bonchev–Trinajstić information content (AvgIpc) is 2.66. The van der Waals surface area contributed by atoms with Crippen molar-refractivity contribution < 1.29 is 37.0 Å². The Morgan fingerprint density at radius 3 is 2.24 bits per heavy atom. The van der Waals surface area contributed by atoms with Gasteiger partial charge in [-0.3, -0.25) is 9.59 Å². The highest BCUT2D eigenvalue weighted by atomic mass is 19.4. The number of methoxy groups -OCH3 is 1. The Morgan fingerprint density at radius 2 is 1.66 bits per heavy atom. The first-order valence-electron chi connectivity index (χ1n) is 8.33. The molecule has 10 heteroatoms. The van der Waals surface area contributed by atoms with E-state index in [4.69, 9.17) is 9.47 Å². The maximum atomic E-state index is 12.1. The fourth-order valence-corrected chi connectivity index (χ4v) is 2.23. The van der Waals surface area contributed by atoms with Crippen molar-refractivity contribution in [2.75, 3.05) is 32.6 Å². The lowest BCUT2D eigenvalue weighted by Crippen LogP contribution is -2.37. The van der Waals surface area contributed by atoms with Gasteiger partial charge in [-0.15, -0.1) is 13.2 Å². The van der Waals surface area contributed by atoms with E-state index in [9.17, 15) is 22.8 Å². The second kappa shape index (κ2) is 9.67. The van der Waals surface area contributed by atoms with E-state index in [1.807, 2.05) is 0 Å². The molecule has 2 amide bonds. The molecule has 156 valence electrons. The van der Waals surface area contributed by atoms with Gasteiger partial charge in [-0.1, -0.05) is 12.1 Å². The summed E-state index contributed by atoms with van der Waals surface area (Å²) in [7, 11) is 2.90. The number of rotatable bonds is 8. The van der Waals surface area contributed by atoms with Crippen LogP contribution >= 0.6 is 0 Å². The molecule has 0 saturated heterocycles. The van der Waals surface area contributed by atoms with Crippen molar-refractivity contribution in [3.63, 3.8) is 0 Å². The van der Waals surface area contributed by atoms with Gasteiger partial charge in [-0.2, -0.15) is 0 Å². The lowest BCUT2D eigenvalue weighted by molar-refractivity contribution is -0.274. The topological polar surface area (TPSA) is 77.1 Å². The van der Waals surface area contributed by atoms with Gasteiger partial charge in [0, 0.05) is 12.7 Å². The molecule has 0 aromatic heterocycles. The van der Waals surface area contributed by atoms with Crippen LogP contribution in [0.15, 0.2) is 48.5 Å². The first-order valence-corrected chi connectivity index (χ1v) is 8.33. The third kappa shape index (κ3) is 7.24. The largest absolute Gasteiger partial charge is 0.573 e. The second-order valence-electron chi connectivity index (χ2n) is 5.81. The fraction of sp³-hybridized carbons (Fsp3) is 0.263. The maximum absolute atomic E-state index is 12.1. The molecule has 0 aliphatic heterocycles. The molecule has 0 atom stereocenters. The highest BCUT2D eigenvalue weighted by Gasteiger charge is 2.31. The standard InChI is InChI=1S/C19H19F3N2O5/c1-24(18(26)12-28-16-6-4-3-5-15(16)27-2)11-17(25)23-13-7-9-14(10-8-13)29-19(20,21)22/h3-10H,11-12H2,1-2H3,(H,23,25). The van der Waals surface area contributed by atoms with Gasteiger partial charge in [0.1, 0.15) is 5.75 Å². The molecule has 0 aliphatic rings. The van der Waals surface area contributed by atoms with Crippen LogP contribution in [0.2, 0.25) is 0 Å². The number of nitrogens with zero attached hydrogens (tertiary/aromatic N) is 1. The van der Waals surface area contributed by atoms with E-state index in [0.29, 0.717) is 11.5 Å². The van der Waals surface area contributed by atoms with Crippen molar-refractivity contribution in [2.45, 2.75) is 6.36 Å². The summed E-state index contributed by atoms with van der Waals surface area (Å²) in [6.45, 7) is -0.567. The summed E-state index contributed by atoms with van der Waals surface area (Å²) in [6, 6.07) is 11.5. The number of carbonyl (C=O) groups excluding carboxylic acids is 2. The number of benzene rings is 2. The summed E-state index contributed by atoms with van der Waals surface area (Å²) in [5.74, 6) is -0.514. The van der Waals surface area contributed by atoms with Crippen LogP contribution in [0.5, 0.6) is 17.2 Å². The summed E-state index contributed by atoms with van der Waals surface area (Å²) in [5, 5.41) is 2.48. The van der Waals surface area contributed by atoms with Gasteiger partial charge in [-0.05, 0) is 36.4 Å². The van der Waals surface area contributed by atoms with E-state index in [1.54, 1.807) is 24.3 Å². The van der Waals surface area contributed by atoms with Crippen molar-refractivity contribution in [2.24, 2.45) is 0 Å². The lowest BCUT2D eigenvalue weighted by atomic mass is 10.3. The number of halogens is 3. The Bertz CT molecular complexity index is 840. The summed E-state index contributed by atoms with van der Waals surface area (Å²) in [5.41, 5.74) is 0.260. The van der Waals surface area contributed by atoms with Crippen molar-refractivity contribution in [3.8, 4) is 17.2 Å². The van der Waals surface area contributed by atoms with Gasteiger partial charge in [-0.25, -0.2) is 0 Å². The van der Waals surface area contributed by atoms with Crippen LogP contribution in [0.1, 0.15) is 0 Å². The zero-order valence-corrected chi connectivity index (χ0v) is 15.7. The number of likely N-dealkylation sites (N-methyl/N-ethyl adjacent to an activating group) is 1. The molecule has 1 N–H and O–H groups in total. The molecule has 0 saturated carbocycles. The van der Waals surface area contributed by atoms with Gasteiger partial charge in [0.05, 0.1) is 13.7 Å². The van der Waals surface area contributed by atoms with E-state index in [1.165, 1.54) is 26.3 Å². The predicted octanol–water partition coefficient (Wildman–Crippen LogP) is 3.07. The van der Waals surface area contributed by atoms with Gasteiger partial charge >= 0.3 is 6.36 Å². The Hall–Kier alpha value is -3.43. The first kappa shape index (κ1) is 21.9. The maximum Gasteiger partial charge on any atom is 0.573 e. The highest BCUT2D eigenvalue weighted by molar-refractivity contribution is 5.94. The second-order valence-corrected chi connectivity index (χ2v) is 5.81. The number of nitrogens with one attached hydrogen (secondary N) is 1. The number of ether oxygens (including phenoxy) is 3. The molecule has 29 heavy (non-hydrogen) atoms. The van der Waals surface area contributed by atoms with Crippen LogP contribution in [0.3, 0.4) is 0 Å². The molecule has 2 rings (SSSR count). The van der Waals surface area contributed by atoms with E-state index < -0.39 is 23.9 Å². The van der Waals surface area contributed by atoms with Gasteiger partial charge in [0.25, 0.3) is 5.91 Å². The molecule has 0 fully saturated rings. The van der Waals surface area contributed by atoms with Crippen LogP contribution < -0.4 is 19.5 Å². The zero-order valence-electron chi connectivity index (χ0n) is 15.7. The zero-order chi connectivity index (χ0) is 21.4. The van der Waals surface area contributed by atoms with Crippen LogP contribution in [0, 0.1) is 0 Å². The normalized spacial score (nSPS) is 10.8. The average molecular weight is 412 g/mol. The van der Waals surface area contributed by atoms with Crippen LogP contribution in [-0.2, 0) is 9.59 Å². The van der Waals surface area contributed by atoms with E-state index >= 15 is 0 Å². The summed E-state index contributed by atoms with van der Waals surface area (Å²) < 4.78 is 50.7. The first-order chi connectivity index (χ1) is 13.7. The molecule has 2 aromatic carbocycles.